The molecule has 1 aliphatic carbocycles. The molecule has 17 heavy (non-hydrogen) atoms. The Morgan fingerprint density at radius 3 is 2.65 bits per heavy atom. The lowest BCUT2D eigenvalue weighted by Crippen LogP contribution is -2.42. The number of hydrazine groups is 1. The molecule has 94 valence electrons. The van der Waals surface area contributed by atoms with E-state index in [0.29, 0.717) is 24.9 Å². The molecule has 2 saturated heterocycles. The quantitative estimate of drug-likeness (QED) is 0.677. The summed E-state index contributed by atoms with van der Waals surface area (Å²) >= 11 is 0. The molecule has 4 heteroatoms. The van der Waals surface area contributed by atoms with E-state index in [0.717, 1.165) is 12.8 Å². The van der Waals surface area contributed by atoms with Gasteiger partial charge in [-0.2, -0.15) is 0 Å². The van der Waals surface area contributed by atoms with Gasteiger partial charge in [-0.05, 0) is 18.8 Å². The average molecular weight is 236 g/mol. The van der Waals surface area contributed by atoms with Crippen LogP contribution in [-0.4, -0.2) is 41.3 Å². The predicted molar refractivity (Wildman–Crippen MR) is 63.0 cm³/mol. The molecule has 0 aromatic carbocycles. The van der Waals surface area contributed by atoms with Gasteiger partial charge in [-0.25, -0.2) is 5.01 Å². The van der Waals surface area contributed by atoms with Gasteiger partial charge >= 0.3 is 0 Å². The summed E-state index contributed by atoms with van der Waals surface area (Å²) in [6, 6.07) is 0.305. The highest BCUT2D eigenvalue weighted by molar-refractivity contribution is 5.79. The van der Waals surface area contributed by atoms with Crippen LogP contribution in [0.25, 0.3) is 0 Å². The van der Waals surface area contributed by atoms with E-state index < -0.39 is 0 Å². The van der Waals surface area contributed by atoms with Crippen molar-refractivity contribution < 1.29 is 9.59 Å². The molecular formula is C13H20N2O2. The van der Waals surface area contributed by atoms with Crippen LogP contribution in [0, 0.1) is 11.8 Å². The number of amides is 1. The Kier molecular flexibility index (Phi) is 2.90. The Balaban J connectivity index is 1.80. The van der Waals surface area contributed by atoms with Gasteiger partial charge in [0, 0.05) is 25.6 Å². The van der Waals surface area contributed by atoms with Crippen LogP contribution in [0.1, 0.15) is 38.5 Å². The molecule has 3 aliphatic rings. The van der Waals surface area contributed by atoms with Crippen LogP contribution in [0.2, 0.25) is 0 Å². The van der Waals surface area contributed by atoms with Crippen LogP contribution >= 0.6 is 0 Å². The maximum atomic E-state index is 11.7. The second kappa shape index (κ2) is 4.41. The molecule has 0 bridgehead atoms. The number of carbonyl (C=O) groups excluding carboxylic acids is 2. The van der Waals surface area contributed by atoms with Crippen molar-refractivity contribution in [2.24, 2.45) is 11.8 Å². The topological polar surface area (TPSA) is 40.6 Å². The lowest BCUT2D eigenvalue weighted by Gasteiger charge is -2.34. The van der Waals surface area contributed by atoms with Crippen molar-refractivity contribution in [2.75, 3.05) is 13.1 Å². The maximum Gasteiger partial charge on any atom is 0.238 e. The fourth-order valence-electron chi connectivity index (χ4n) is 3.84. The lowest BCUT2D eigenvalue weighted by atomic mass is 9.79. The number of hydrogen-bond acceptors (Lipinski definition) is 3. The van der Waals surface area contributed by atoms with E-state index in [9.17, 15) is 9.59 Å². The second-order valence-corrected chi connectivity index (χ2v) is 5.58. The van der Waals surface area contributed by atoms with Gasteiger partial charge in [0.2, 0.25) is 5.91 Å². The van der Waals surface area contributed by atoms with E-state index in [1.165, 1.54) is 32.1 Å². The van der Waals surface area contributed by atoms with Crippen molar-refractivity contribution in [1.82, 2.24) is 10.0 Å². The van der Waals surface area contributed by atoms with Gasteiger partial charge in [0.1, 0.15) is 6.29 Å². The molecule has 0 N–H and O–H groups in total. The molecule has 4 nitrogen and oxygen atoms in total. The Hall–Kier alpha value is -0.900. The third-order valence-electron chi connectivity index (χ3n) is 4.63. The van der Waals surface area contributed by atoms with Gasteiger partial charge in [0.25, 0.3) is 0 Å². The lowest BCUT2D eigenvalue weighted by molar-refractivity contribution is -0.136. The minimum absolute atomic E-state index is 0.0438. The summed E-state index contributed by atoms with van der Waals surface area (Å²) in [4.78, 5) is 22.9. The molecule has 0 aromatic heterocycles. The number of nitrogens with zero attached hydrogens (tertiary/aromatic N) is 2. The van der Waals surface area contributed by atoms with Gasteiger partial charge in [0.15, 0.2) is 0 Å². The first-order chi connectivity index (χ1) is 8.31. The third kappa shape index (κ3) is 1.79. The molecular weight excluding hydrogens is 216 g/mol. The zero-order chi connectivity index (χ0) is 11.8. The van der Waals surface area contributed by atoms with Crippen LogP contribution < -0.4 is 0 Å². The van der Waals surface area contributed by atoms with Crippen molar-refractivity contribution in [3.8, 4) is 0 Å². The molecule has 0 radical (unpaired) electrons. The highest BCUT2D eigenvalue weighted by Gasteiger charge is 2.48. The van der Waals surface area contributed by atoms with E-state index in [1.54, 1.807) is 0 Å². The van der Waals surface area contributed by atoms with Crippen molar-refractivity contribution in [3.63, 3.8) is 0 Å². The Labute approximate surface area is 102 Å². The number of aldehydes is 1. The first kappa shape index (κ1) is 11.2. The van der Waals surface area contributed by atoms with Crippen molar-refractivity contribution in [1.29, 1.82) is 0 Å². The normalized spacial score (nSPS) is 35.3. The van der Waals surface area contributed by atoms with Crippen LogP contribution in [0.15, 0.2) is 0 Å². The summed E-state index contributed by atoms with van der Waals surface area (Å²) in [5.74, 6) is 0.868. The first-order valence-corrected chi connectivity index (χ1v) is 6.83. The maximum absolute atomic E-state index is 11.7. The first-order valence-electron chi connectivity index (χ1n) is 6.83. The average Bonchev–Trinajstić information content (AvgIpc) is 2.90. The van der Waals surface area contributed by atoms with Gasteiger partial charge in [-0.15, -0.1) is 0 Å². The SMILES string of the molecule is O=C[C@@H]1CN2C(=O)CCN2[C@@H]1C1CCCCC1. The van der Waals surface area contributed by atoms with Gasteiger partial charge in [0.05, 0.1) is 5.92 Å². The Morgan fingerprint density at radius 1 is 1.18 bits per heavy atom. The number of fused-ring (bicyclic) bond motifs is 1. The molecule has 0 unspecified atom stereocenters. The summed E-state index contributed by atoms with van der Waals surface area (Å²) in [7, 11) is 0. The molecule has 0 aromatic rings. The largest absolute Gasteiger partial charge is 0.303 e. The zero-order valence-electron chi connectivity index (χ0n) is 10.2. The van der Waals surface area contributed by atoms with E-state index >= 15 is 0 Å². The predicted octanol–water partition coefficient (Wildman–Crippen LogP) is 1.21. The summed E-state index contributed by atoms with van der Waals surface area (Å²) < 4.78 is 0. The molecule has 2 heterocycles. The van der Waals surface area contributed by atoms with Crippen molar-refractivity contribution in [2.45, 2.75) is 44.6 Å². The summed E-state index contributed by atoms with van der Waals surface area (Å²) in [6.45, 7) is 1.45. The summed E-state index contributed by atoms with van der Waals surface area (Å²) in [5, 5.41) is 4.02. The minimum atomic E-state index is 0.0438. The monoisotopic (exact) mass is 236 g/mol. The van der Waals surface area contributed by atoms with Gasteiger partial charge in [-0.1, -0.05) is 19.3 Å². The van der Waals surface area contributed by atoms with E-state index in [-0.39, 0.29) is 11.8 Å². The molecule has 3 fully saturated rings. The number of carbonyl (C=O) groups is 2. The fraction of sp³-hybridized carbons (Fsp3) is 0.846. The highest BCUT2D eigenvalue weighted by Crippen LogP contribution is 2.38. The molecule has 2 aliphatic heterocycles. The molecule has 1 amide bonds. The highest BCUT2D eigenvalue weighted by atomic mass is 16.2. The summed E-state index contributed by atoms with van der Waals surface area (Å²) in [6.07, 6.45) is 8.07. The zero-order valence-corrected chi connectivity index (χ0v) is 10.2. The number of hydrogen-bond donors (Lipinski definition) is 0. The smallest absolute Gasteiger partial charge is 0.238 e. The molecule has 3 rings (SSSR count). The summed E-state index contributed by atoms with van der Waals surface area (Å²) in [5.41, 5.74) is 0. The van der Waals surface area contributed by atoms with E-state index in [2.05, 4.69) is 5.01 Å². The minimum Gasteiger partial charge on any atom is -0.303 e. The van der Waals surface area contributed by atoms with Gasteiger partial charge in [-0.3, -0.25) is 9.80 Å². The van der Waals surface area contributed by atoms with Crippen molar-refractivity contribution >= 4 is 12.2 Å². The van der Waals surface area contributed by atoms with Crippen LogP contribution in [0.3, 0.4) is 0 Å². The Morgan fingerprint density at radius 2 is 1.94 bits per heavy atom. The Bertz CT molecular complexity index is 325. The van der Waals surface area contributed by atoms with E-state index in [1.807, 2.05) is 5.01 Å². The van der Waals surface area contributed by atoms with E-state index in [4.69, 9.17) is 0 Å². The molecule has 2 atom stereocenters. The second-order valence-electron chi connectivity index (χ2n) is 5.58. The standard InChI is InChI=1S/C13H20N2O2/c16-9-11-8-15-12(17)6-7-14(15)13(11)10-4-2-1-3-5-10/h9-11,13H,1-8H2/t11-,13+/m0/s1. The molecule has 1 saturated carbocycles. The number of rotatable bonds is 2. The third-order valence-corrected chi connectivity index (χ3v) is 4.63. The van der Waals surface area contributed by atoms with Crippen LogP contribution in [-0.2, 0) is 9.59 Å². The fourth-order valence-corrected chi connectivity index (χ4v) is 3.84. The van der Waals surface area contributed by atoms with Crippen LogP contribution in [0.4, 0.5) is 0 Å². The molecule has 0 spiro atoms. The van der Waals surface area contributed by atoms with Crippen molar-refractivity contribution in [3.05, 3.63) is 0 Å². The van der Waals surface area contributed by atoms with Crippen LogP contribution in [0.5, 0.6) is 0 Å². The van der Waals surface area contributed by atoms with Gasteiger partial charge < -0.3 is 4.79 Å².